The molecule has 0 spiro atoms. The van der Waals surface area contributed by atoms with Crippen molar-refractivity contribution in [1.29, 1.82) is 0 Å². The first-order valence-electron chi connectivity index (χ1n) is 10.6. The number of fused-ring (bicyclic) bond motifs is 3. The molecule has 0 amide bonds. The lowest BCUT2D eigenvalue weighted by atomic mass is 9.69. The highest BCUT2D eigenvalue weighted by molar-refractivity contribution is 5.88. The van der Waals surface area contributed by atoms with E-state index in [9.17, 15) is 0 Å². The van der Waals surface area contributed by atoms with Crippen LogP contribution in [0.25, 0.3) is 22.3 Å². The van der Waals surface area contributed by atoms with Gasteiger partial charge in [-0.15, -0.1) is 0 Å². The first-order valence-corrected chi connectivity index (χ1v) is 10.6. The van der Waals surface area contributed by atoms with E-state index >= 15 is 0 Å². The van der Waals surface area contributed by atoms with Gasteiger partial charge in [-0.1, -0.05) is 112 Å². The van der Waals surface area contributed by atoms with Crippen LogP contribution in [-0.2, 0) is 5.41 Å². The van der Waals surface area contributed by atoms with Gasteiger partial charge in [0.2, 0.25) is 0 Å². The van der Waals surface area contributed by atoms with Crippen LogP contribution in [0.5, 0.6) is 0 Å². The molecule has 0 atom stereocenters. The second kappa shape index (κ2) is 7.72. The van der Waals surface area contributed by atoms with Crippen LogP contribution in [0.2, 0.25) is 0 Å². The Morgan fingerprint density at radius 2 is 1.19 bits per heavy atom. The maximum absolute atomic E-state index is 2.40. The Labute approximate surface area is 164 Å². The summed E-state index contributed by atoms with van der Waals surface area (Å²) in [4.78, 5) is 0. The second-order valence-corrected chi connectivity index (χ2v) is 7.93. The molecular formula is C27H30. The molecule has 0 bridgehead atoms. The predicted molar refractivity (Wildman–Crippen MR) is 117 cm³/mol. The topological polar surface area (TPSA) is 0 Å². The molecule has 4 rings (SSSR count). The highest BCUT2D eigenvalue weighted by Crippen LogP contribution is 2.56. The number of rotatable bonds is 7. The monoisotopic (exact) mass is 354 g/mol. The van der Waals surface area contributed by atoms with Gasteiger partial charge in [0.1, 0.15) is 0 Å². The fourth-order valence-electron chi connectivity index (χ4n) is 5.02. The Hall–Kier alpha value is -2.34. The third-order valence-corrected chi connectivity index (χ3v) is 6.27. The molecule has 0 nitrogen and oxygen atoms in total. The Kier molecular flexibility index (Phi) is 5.16. The molecule has 1 aliphatic rings. The molecule has 0 fully saturated rings. The van der Waals surface area contributed by atoms with Gasteiger partial charge < -0.3 is 0 Å². The standard InChI is InChI=1S/C27H30/c1-3-5-19-27(20-6-4-2)25-18-11-10-15-23(25)24-17-12-16-22(26(24)27)21-13-8-7-9-14-21/h7-18H,3-6,19-20H2,1-2H3. The molecular weight excluding hydrogens is 324 g/mol. The minimum absolute atomic E-state index is 0.157. The first kappa shape index (κ1) is 18.0. The average Bonchev–Trinajstić information content (AvgIpc) is 3.02. The third-order valence-electron chi connectivity index (χ3n) is 6.27. The quantitative estimate of drug-likeness (QED) is 0.403. The van der Waals surface area contributed by atoms with Gasteiger partial charge in [-0.3, -0.25) is 0 Å². The van der Waals surface area contributed by atoms with Crippen LogP contribution in [0, 0.1) is 0 Å². The van der Waals surface area contributed by atoms with E-state index in [1.54, 1.807) is 11.1 Å². The summed E-state index contributed by atoms with van der Waals surface area (Å²) in [5, 5.41) is 0. The largest absolute Gasteiger partial charge is 0.0654 e. The average molecular weight is 355 g/mol. The van der Waals surface area contributed by atoms with E-state index < -0.39 is 0 Å². The van der Waals surface area contributed by atoms with E-state index in [2.05, 4.69) is 86.6 Å². The lowest BCUT2D eigenvalue weighted by molar-refractivity contribution is 0.415. The van der Waals surface area contributed by atoms with E-state index in [1.807, 2.05) is 0 Å². The highest BCUT2D eigenvalue weighted by Gasteiger charge is 2.43. The van der Waals surface area contributed by atoms with Gasteiger partial charge in [0, 0.05) is 5.41 Å². The molecule has 138 valence electrons. The van der Waals surface area contributed by atoms with Crippen LogP contribution in [0.4, 0.5) is 0 Å². The third kappa shape index (κ3) is 3.02. The van der Waals surface area contributed by atoms with Crippen molar-refractivity contribution < 1.29 is 0 Å². The lowest BCUT2D eigenvalue weighted by Gasteiger charge is -2.34. The number of hydrogen-bond acceptors (Lipinski definition) is 0. The molecule has 0 saturated carbocycles. The summed E-state index contributed by atoms with van der Waals surface area (Å²) in [7, 11) is 0. The van der Waals surface area contributed by atoms with Crippen molar-refractivity contribution in [3.8, 4) is 22.3 Å². The Balaban J connectivity index is 1.99. The van der Waals surface area contributed by atoms with Gasteiger partial charge in [0.25, 0.3) is 0 Å². The smallest absolute Gasteiger partial charge is 0.0221 e. The van der Waals surface area contributed by atoms with Gasteiger partial charge >= 0.3 is 0 Å². The van der Waals surface area contributed by atoms with Gasteiger partial charge in [0.15, 0.2) is 0 Å². The van der Waals surface area contributed by atoms with Crippen molar-refractivity contribution in [2.24, 2.45) is 0 Å². The van der Waals surface area contributed by atoms with Gasteiger partial charge in [-0.25, -0.2) is 0 Å². The van der Waals surface area contributed by atoms with Crippen molar-refractivity contribution in [2.75, 3.05) is 0 Å². The van der Waals surface area contributed by atoms with E-state index in [-0.39, 0.29) is 5.41 Å². The summed E-state index contributed by atoms with van der Waals surface area (Å²) < 4.78 is 0. The molecule has 0 heteroatoms. The van der Waals surface area contributed by atoms with Crippen molar-refractivity contribution in [2.45, 2.75) is 57.8 Å². The molecule has 0 aromatic heterocycles. The van der Waals surface area contributed by atoms with E-state index in [4.69, 9.17) is 0 Å². The maximum Gasteiger partial charge on any atom is 0.0221 e. The molecule has 0 unspecified atom stereocenters. The summed E-state index contributed by atoms with van der Waals surface area (Å²) in [5.74, 6) is 0. The van der Waals surface area contributed by atoms with Crippen LogP contribution in [0.15, 0.2) is 72.8 Å². The van der Waals surface area contributed by atoms with Crippen LogP contribution in [0.1, 0.15) is 63.5 Å². The Morgan fingerprint density at radius 3 is 1.89 bits per heavy atom. The fraction of sp³-hybridized carbons (Fsp3) is 0.333. The van der Waals surface area contributed by atoms with Crippen molar-refractivity contribution in [3.05, 3.63) is 83.9 Å². The predicted octanol–water partition coefficient (Wildman–Crippen LogP) is 8.00. The van der Waals surface area contributed by atoms with Gasteiger partial charge in [0.05, 0.1) is 0 Å². The molecule has 27 heavy (non-hydrogen) atoms. The molecule has 0 aliphatic heterocycles. The molecule has 3 aromatic carbocycles. The lowest BCUT2D eigenvalue weighted by Crippen LogP contribution is -2.26. The zero-order valence-corrected chi connectivity index (χ0v) is 16.7. The SMILES string of the molecule is CCCCC1(CCCC)c2ccccc2-c2cccc(-c3ccccc3)c21. The van der Waals surface area contributed by atoms with Gasteiger partial charge in [-0.05, 0) is 46.2 Å². The van der Waals surface area contributed by atoms with Crippen LogP contribution >= 0.6 is 0 Å². The van der Waals surface area contributed by atoms with Gasteiger partial charge in [-0.2, -0.15) is 0 Å². The minimum atomic E-state index is 0.157. The zero-order chi connectivity index (χ0) is 18.7. The van der Waals surface area contributed by atoms with E-state index in [1.165, 1.54) is 60.8 Å². The van der Waals surface area contributed by atoms with E-state index in [0.29, 0.717) is 0 Å². The van der Waals surface area contributed by atoms with Crippen LogP contribution in [-0.4, -0.2) is 0 Å². The number of hydrogen-bond donors (Lipinski definition) is 0. The van der Waals surface area contributed by atoms with E-state index in [0.717, 1.165) is 0 Å². The number of benzene rings is 3. The zero-order valence-electron chi connectivity index (χ0n) is 16.7. The molecule has 1 aliphatic carbocycles. The molecule has 3 aromatic rings. The summed E-state index contributed by atoms with van der Waals surface area (Å²) in [6, 6.07) is 27.1. The van der Waals surface area contributed by atoms with Crippen LogP contribution in [0.3, 0.4) is 0 Å². The fourth-order valence-corrected chi connectivity index (χ4v) is 5.02. The second-order valence-electron chi connectivity index (χ2n) is 7.93. The molecule has 0 saturated heterocycles. The van der Waals surface area contributed by atoms with Crippen molar-refractivity contribution in [3.63, 3.8) is 0 Å². The van der Waals surface area contributed by atoms with Crippen molar-refractivity contribution >= 4 is 0 Å². The molecule has 0 radical (unpaired) electrons. The summed E-state index contributed by atoms with van der Waals surface area (Å²) >= 11 is 0. The molecule has 0 N–H and O–H groups in total. The summed E-state index contributed by atoms with van der Waals surface area (Å²) in [6.45, 7) is 4.64. The Morgan fingerprint density at radius 1 is 0.593 bits per heavy atom. The number of unbranched alkanes of at least 4 members (excludes halogenated alkanes) is 2. The maximum atomic E-state index is 2.40. The summed E-state index contributed by atoms with van der Waals surface area (Å²) in [6.07, 6.45) is 7.55. The normalized spacial score (nSPS) is 14.0. The van der Waals surface area contributed by atoms with Crippen molar-refractivity contribution in [1.82, 2.24) is 0 Å². The summed E-state index contributed by atoms with van der Waals surface area (Å²) in [5.41, 5.74) is 8.99. The molecule has 0 heterocycles. The highest BCUT2D eigenvalue weighted by atomic mass is 14.5. The minimum Gasteiger partial charge on any atom is -0.0654 e. The first-order chi connectivity index (χ1) is 13.3. The Bertz CT molecular complexity index is 896. The van der Waals surface area contributed by atoms with Crippen LogP contribution < -0.4 is 0 Å².